The van der Waals surface area contributed by atoms with E-state index in [1.54, 1.807) is 0 Å². The molecule has 0 aliphatic carbocycles. The van der Waals surface area contributed by atoms with Gasteiger partial charge >= 0.3 is 12.1 Å². The molecule has 0 aromatic heterocycles. The Bertz CT molecular complexity index is 252. The summed E-state index contributed by atoms with van der Waals surface area (Å²) < 4.78 is 72.8. The van der Waals surface area contributed by atoms with E-state index >= 15 is 0 Å². The third-order valence-corrected chi connectivity index (χ3v) is 2.76. The quantitative estimate of drug-likeness (QED) is 0.541. The first-order chi connectivity index (χ1) is 7.56. The van der Waals surface area contributed by atoms with Crippen LogP contribution in [0.5, 0.6) is 0 Å². The number of carbonyl (C=O) groups excluding carboxylic acids is 1. The molecule has 0 bridgehead atoms. The number of hydrogen-bond acceptors (Lipinski definition) is 2. The Balaban J connectivity index is 3.94. The summed E-state index contributed by atoms with van der Waals surface area (Å²) in [5, 5.41) is -0.207. The van der Waals surface area contributed by atoms with Crippen molar-refractivity contribution < 1.29 is 31.1 Å². The Morgan fingerprint density at radius 2 is 1.76 bits per heavy atom. The average molecular weight is 282 g/mol. The zero-order valence-corrected chi connectivity index (χ0v) is 9.81. The number of hydrogen-bond donors (Lipinski definition) is 0. The molecule has 0 aliphatic rings. The van der Waals surface area contributed by atoms with Crippen molar-refractivity contribution >= 4 is 16.9 Å². The molecule has 0 radical (unpaired) electrons. The van der Waals surface area contributed by atoms with Gasteiger partial charge in [0.1, 0.15) is 6.17 Å². The highest BCUT2D eigenvalue weighted by Crippen LogP contribution is 2.39. The van der Waals surface area contributed by atoms with Gasteiger partial charge in [-0.1, -0.05) is 11.8 Å². The summed E-state index contributed by atoms with van der Waals surface area (Å²) >= 11 is 0.881. The van der Waals surface area contributed by atoms with Gasteiger partial charge in [-0.2, -0.15) is 22.0 Å². The van der Waals surface area contributed by atoms with Gasteiger partial charge in [-0.15, -0.1) is 0 Å². The van der Waals surface area contributed by atoms with E-state index in [9.17, 15) is 31.1 Å². The molecule has 0 spiro atoms. The van der Waals surface area contributed by atoms with Crippen molar-refractivity contribution in [1.82, 2.24) is 0 Å². The zero-order chi connectivity index (χ0) is 13.7. The van der Waals surface area contributed by atoms with Crippen molar-refractivity contribution in [3.63, 3.8) is 0 Å². The van der Waals surface area contributed by atoms with Crippen LogP contribution in [0.25, 0.3) is 0 Å². The Morgan fingerprint density at radius 3 is 2.18 bits per heavy atom. The Kier molecular flexibility index (Phi) is 6.36. The molecule has 0 saturated carbocycles. The van der Waals surface area contributed by atoms with Crippen molar-refractivity contribution in [3.05, 3.63) is 0 Å². The summed E-state index contributed by atoms with van der Waals surface area (Å²) in [5.74, 6) is -4.78. The van der Waals surface area contributed by atoms with E-state index in [1.165, 1.54) is 6.92 Å². The number of rotatable bonds is 6. The van der Waals surface area contributed by atoms with E-state index < -0.39 is 31.1 Å². The van der Waals surface area contributed by atoms with Crippen LogP contribution in [0.1, 0.15) is 26.2 Å². The number of carbonyl (C=O) groups is 1. The molecule has 0 aromatic rings. The topological polar surface area (TPSA) is 17.1 Å². The van der Waals surface area contributed by atoms with Gasteiger partial charge in [-0.25, -0.2) is 4.39 Å². The van der Waals surface area contributed by atoms with Gasteiger partial charge in [0.15, 0.2) is 5.12 Å². The molecule has 0 N–H and O–H groups in total. The van der Waals surface area contributed by atoms with Gasteiger partial charge in [0.25, 0.3) is 0 Å². The predicted molar refractivity (Wildman–Crippen MR) is 52.9 cm³/mol. The molecule has 8 heteroatoms. The van der Waals surface area contributed by atoms with E-state index in [0.29, 0.717) is 0 Å². The van der Waals surface area contributed by atoms with Gasteiger partial charge in [0.05, 0.1) is 6.42 Å². The molecule has 0 heterocycles. The summed E-state index contributed by atoms with van der Waals surface area (Å²) in [5.41, 5.74) is 0. The van der Waals surface area contributed by atoms with Crippen molar-refractivity contribution in [2.75, 3.05) is 5.75 Å². The van der Waals surface area contributed by atoms with E-state index in [2.05, 4.69) is 0 Å². The van der Waals surface area contributed by atoms with E-state index in [-0.39, 0.29) is 17.3 Å². The molecule has 0 fully saturated rings. The molecule has 0 aliphatic heterocycles. The summed E-state index contributed by atoms with van der Waals surface area (Å²) in [7, 11) is 0. The molecular weight excluding hydrogens is 270 g/mol. The van der Waals surface area contributed by atoms with Crippen molar-refractivity contribution in [1.29, 1.82) is 0 Å². The van der Waals surface area contributed by atoms with Gasteiger partial charge in [0.2, 0.25) is 0 Å². The highest BCUT2D eigenvalue weighted by Gasteiger charge is 2.58. The molecule has 0 rings (SSSR count). The van der Waals surface area contributed by atoms with Crippen LogP contribution in [0.3, 0.4) is 0 Å². The fourth-order valence-electron chi connectivity index (χ4n) is 1.02. The molecule has 102 valence electrons. The minimum atomic E-state index is -5.72. The van der Waals surface area contributed by atoms with Crippen LogP contribution in [0.15, 0.2) is 0 Å². The summed E-state index contributed by atoms with van der Waals surface area (Å²) in [4.78, 5) is 10.4. The standard InChI is InChI=1S/C9H12F6OS/c1-6(16)17-4-2-3-7(10)5-8(11,12)9(13,14)15/h7H,2-5H2,1H3. The second-order valence-electron chi connectivity index (χ2n) is 3.49. The first-order valence-corrected chi connectivity index (χ1v) is 5.77. The third-order valence-electron chi connectivity index (χ3n) is 1.86. The largest absolute Gasteiger partial charge is 0.453 e. The van der Waals surface area contributed by atoms with E-state index in [4.69, 9.17) is 0 Å². The Hall–Kier alpha value is -0.400. The van der Waals surface area contributed by atoms with Crippen LogP contribution in [-0.4, -0.2) is 29.1 Å². The predicted octanol–water partition coefficient (Wildman–Crippen LogP) is 3.97. The first-order valence-electron chi connectivity index (χ1n) is 4.78. The van der Waals surface area contributed by atoms with Crippen LogP contribution in [0, 0.1) is 0 Å². The fraction of sp³-hybridized carbons (Fsp3) is 0.889. The highest BCUT2D eigenvalue weighted by molar-refractivity contribution is 8.13. The number of thioether (sulfide) groups is 1. The minimum absolute atomic E-state index is 0.0827. The molecule has 1 unspecified atom stereocenters. The minimum Gasteiger partial charge on any atom is -0.288 e. The Labute approximate surface area is 98.9 Å². The Morgan fingerprint density at radius 1 is 1.24 bits per heavy atom. The second-order valence-corrected chi connectivity index (χ2v) is 4.76. The van der Waals surface area contributed by atoms with Crippen LogP contribution < -0.4 is 0 Å². The summed E-state index contributed by atoms with van der Waals surface area (Å²) in [6.07, 6.45) is -10.1. The average Bonchev–Trinajstić information content (AvgIpc) is 2.09. The number of alkyl halides is 6. The maximum atomic E-state index is 12.9. The van der Waals surface area contributed by atoms with Crippen LogP contribution >= 0.6 is 11.8 Å². The first kappa shape index (κ1) is 16.6. The third kappa shape index (κ3) is 6.80. The molecule has 1 nitrogen and oxygen atoms in total. The highest BCUT2D eigenvalue weighted by atomic mass is 32.2. The maximum Gasteiger partial charge on any atom is 0.453 e. The molecular formula is C9H12F6OS. The lowest BCUT2D eigenvalue weighted by Crippen LogP contribution is -2.38. The summed E-state index contributed by atoms with van der Waals surface area (Å²) in [6.45, 7) is 1.29. The zero-order valence-electron chi connectivity index (χ0n) is 8.99. The fourth-order valence-corrected chi connectivity index (χ4v) is 1.62. The van der Waals surface area contributed by atoms with E-state index in [0.717, 1.165) is 11.8 Å². The van der Waals surface area contributed by atoms with Gasteiger partial charge in [-0.3, -0.25) is 4.79 Å². The van der Waals surface area contributed by atoms with Crippen LogP contribution in [-0.2, 0) is 4.79 Å². The SMILES string of the molecule is CC(=O)SCCCC(F)CC(F)(F)C(F)(F)F. The smallest absolute Gasteiger partial charge is 0.288 e. The van der Waals surface area contributed by atoms with Crippen LogP contribution in [0.4, 0.5) is 26.3 Å². The molecule has 0 saturated heterocycles. The lowest BCUT2D eigenvalue weighted by atomic mass is 10.1. The number of halogens is 6. The molecule has 0 aromatic carbocycles. The molecule has 1 atom stereocenters. The van der Waals surface area contributed by atoms with Crippen LogP contribution in [0.2, 0.25) is 0 Å². The van der Waals surface area contributed by atoms with Gasteiger partial charge in [-0.05, 0) is 12.8 Å². The van der Waals surface area contributed by atoms with Gasteiger partial charge in [0, 0.05) is 12.7 Å². The molecule has 0 amide bonds. The van der Waals surface area contributed by atoms with Crippen molar-refractivity contribution in [3.8, 4) is 0 Å². The van der Waals surface area contributed by atoms with Crippen molar-refractivity contribution in [2.45, 2.75) is 44.5 Å². The summed E-state index contributed by atoms with van der Waals surface area (Å²) in [6, 6.07) is 0. The van der Waals surface area contributed by atoms with Gasteiger partial charge < -0.3 is 0 Å². The monoisotopic (exact) mass is 282 g/mol. The normalized spacial score (nSPS) is 14.8. The lowest BCUT2D eigenvalue weighted by molar-refractivity contribution is -0.288. The van der Waals surface area contributed by atoms with E-state index in [1.807, 2.05) is 0 Å². The second kappa shape index (κ2) is 6.51. The molecule has 17 heavy (non-hydrogen) atoms. The lowest BCUT2D eigenvalue weighted by Gasteiger charge is -2.21. The van der Waals surface area contributed by atoms with Crippen molar-refractivity contribution in [2.24, 2.45) is 0 Å². The maximum absolute atomic E-state index is 12.9.